The maximum absolute atomic E-state index is 12.8. The van der Waals surface area contributed by atoms with E-state index in [1.54, 1.807) is 19.9 Å². The molecule has 0 radical (unpaired) electrons. The molecule has 1 aromatic heterocycles. The zero-order valence-corrected chi connectivity index (χ0v) is 19.7. The van der Waals surface area contributed by atoms with Crippen molar-refractivity contribution in [2.24, 2.45) is 11.8 Å². The number of esters is 1. The molecule has 0 bridgehead atoms. The number of benzene rings is 1. The second-order valence-electron chi connectivity index (χ2n) is 8.16. The van der Waals surface area contributed by atoms with Crippen molar-refractivity contribution in [1.29, 1.82) is 0 Å². The van der Waals surface area contributed by atoms with Gasteiger partial charge in [-0.2, -0.15) is 0 Å². The Hall–Kier alpha value is -3.46. The summed E-state index contributed by atoms with van der Waals surface area (Å²) >= 11 is 0. The number of nitrogens with zero attached hydrogens (tertiary/aromatic N) is 1. The smallest absolute Gasteiger partial charge is 0.310 e. The molecule has 9 heteroatoms. The second-order valence-corrected chi connectivity index (χ2v) is 8.16. The van der Waals surface area contributed by atoms with Gasteiger partial charge >= 0.3 is 5.97 Å². The van der Waals surface area contributed by atoms with Crippen LogP contribution in [0.15, 0.2) is 54.0 Å². The molecule has 0 aliphatic heterocycles. The number of fused-ring (bicyclic) bond motifs is 1. The first-order valence-corrected chi connectivity index (χ1v) is 11.2. The molecule has 2 rings (SSSR count). The number of amides is 2. The summed E-state index contributed by atoms with van der Waals surface area (Å²) in [4.78, 5) is 42.0. The van der Waals surface area contributed by atoms with E-state index in [1.807, 2.05) is 24.3 Å². The first-order valence-electron chi connectivity index (χ1n) is 11.2. The van der Waals surface area contributed by atoms with Crippen LogP contribution >= 0.6 is 0 Å². The van der Waals surface area contributed by atoms with Crippen molar-refractivity contribution < 1.29 is 28.6 Å². The maximum Gasteiger partial charge on any atom is 0.310 e. The van der Waals surface area contributed by atoms with Gasteiger partial charge in [0, 0.05) is 12.5 Å². The number of allylic oxidation sites excluding steroid dienone is 2. The lowest BCUT2D eigenvalue weighted by Gasteiger charge is -2.21. The molecule has 4 atom stereocenters. The lowest BCUT2D eigenvalue weighted by molar-refractivity contribution is -0.153. The molecule has 184 valence electrons. The predicted octanol–water partition coefficient (Wildman–Crippen LogP) is 2.30. The van der Waals surface area contributed by atoms with Crippen LogP contribution < -0.4 is 10.6 Å². The van der Waals surface area contributed by atoms with Crippen LogP contribution in [0.4, 0.5) is 0 Å². The minimum atomic E-state index is -0.998. The average molecular weight is 472 g/mol. The number of carbonyl (C=O) groups is 3. The second kappa shape index (κ2) is 13.3. The SMILES string of the molecule is C=CCC(C(=O)NC[C@H](C)OC(=O)[C@H](CC=C)Cc1nc2ccccc2o1)C(=O)N[C@@H](C)CO. The highest BCUT2D eigenvalue weighted by Crippen LogP contribution is 2.20. The minimum absolute atomic E-state index is 0.0325. The van der Waals surface area contributed by atoms with Crippen molar-refractivity contribution in [3.05, 3.63) is 55.5 Å². The Morgan fingerprint density at radius 2 is 1.85 bits per heavy atom. The highest BCUT2D eigenvalue weighted by Gasteiger charge is 2.28. The standard InChI is InChI=1S/C25H33N3O6/c1-5-9-18(13-22-28-20-11-7-8-12-21(20)34-22)25(32)33-17(4)14-26-23(30)19(10-6-2)24(31)27-16(3)15-29/h5-8,11-12,16-19,29H,1-2,9-10,13-15H2,3-4H3,(H,26,30)(H,27,31)/t16-,17-,18+,19?/m0/s1. The molecule has 0 saturated heterocycles. The number of aliphatic hydroxyl groups excluding tert-OH is 1. The van der Waals surface area contributed by atoms with Crippen LogP contribution in [0.25, 0.3) is 11.1 Å². The Kier molecular flexibility index (Phi) is 10.5. The van der Waals surface area contributed by atoms with E-state index < -0.39 is 41.8 Å². The third-order valence-electron chi connectivity index (χ3n) is 5.12. The first kappa shape index (κ1) is 26.8. The van der Waals surface area contributed by atoms with Gasteiger partial charge in [-0.25, -0.2) is 4.98 Å². The predicted molar refractivity (Wildman–Crippen MR) is 128 cm³/mol. The Labute approximate surface area is 199 Å². The quantitative estimate of drug-likeness (QED) is 0.219. The molecule has 0 aliphatic carbocycles. The molecule has 2 amide bonds. The Morgan fingerprint density at radius 1 is 1.15 bits per heavy atom. The summed E-state index contributed by atoms with van der Waals surface area (Å²) in [6, 6.07) is 6.87. The van der Waals surface area contributed by atoms with Gasteiger partial charge in [-0.15, -0.1) is 13.2 Å². The normalized spacial score (nSPS) is 14.4. The van der Waals surface area contributed by atoms with E-state index in [1.165, 1.54) is 6.08 Å². The van der Waals surface area contributed by atoms with Gasteiger partial charge in [0.05, 0.1) is 19.1 Å². The monoisotopic (exact) mass is 471 g/mol. The van der Waals surface area contributed by atoms with E-state index in [4.69, 9.17) is 14.3 Å². The molecule has 0 aliphatic rings. The third-order valence-corrected chi connectivity index (χ3v) is 5.12. The minimum Gasteiger partial charge on any atom is -0.461 e. The van der Waals surface area contributed by atoms with Gasteiger partial charge in [-0.1, -0.05) is 24.3 Å². The largest absolute Gasteiger partial charge is 0.461 e. The van der Waals surface area contributed by atoms with Crippen LogP contribution in [-0.4, -0.2) is 53.2 Å². The van der Waals surface area contributed by atoms with Gasteiger partial charge in [0.1, 0.15) is 17.5 Å². The molecule has 0 saturated carbocycles. The number of para-hydroxylation sites is 2. The van der Waals surface area contributed by atoms with Gasteiger partial charge in [0.15, 0.2) is 11.5 Å². The molecule has 1 heterocycles. The van der Waals surface area contributed by atoms with Crippen molar-refractivity contribution in [3.63, 3.8) is 0 Å². The number of carbonyl (C=O) groups excluding carboxylic acids is 3. The fourth-order valence-electron chi connectivity index (χ4n) is 3.27. The zero-order valence-electron chi connectivity index (χ0n) is 19.7. The van der Waals surface area contributed by atoms with Crippen LogP contribution in [0, 0.1) is 11.8 Å². The molecule has 1 unspecified atom stereocenters. The Morgan fingerprint density at radius 3 is 2.50 bits per heavy atom. The first-order chi connectivity index (χ1) is 16.3. The fourth-order valence-corrected chi connectivity index (χ4v) is 3.27. The Bertz CT molecular complexity index is 968. The van der Waals surface area contributed by atoms with E-state index in [0.717, 1.165) is 0 Å². The molecule has 34 heavy (non-hydrogen) atoms. The van der Waals surface area contributed by atoms with E-state index in [0.29, 0.717) is 23.4 Å². The third kappa shape index (κ3) is 7.84. The van der Waals surface area contributed by atoms with Crippen LogP contribution in [0.2, 0.25) is 0 Å². The molecule has 1 aromatic carbocycles. The number of nitrogens with one attached hydrogen (secondary N) is 2. The van der Waals surface area contributed by atoms with Crippen LogP contribution in [0.3, 0.4) is 0 Å². The fraction of sp³-hybridized carbons (Fsp3) is 0.440. The van der Waals surface area contributed by atoms with Crippen LogP contribution in [-0.2, 0) is 25.5 Å². The summed E-state index contributed by atoms with van der Waals surface area (Å²) in [6.07, 6.45) is 3.24. The van der Waals surface area contributed by atoms with Crippen molar-refractivity contribution in [2.75, 3.05) is 13.2 Å². The molecule has 0 spiro atoms. The number of rotatable bonds is 14. The van der Waals surface area contributed by atoms with Gasteiger partial charge in [-0.3, -0.25) is 14.4 Å². The van der Waals surface area contributed by atoms with Crippen molar-refractivity contribution in [3.8, 4) is 0 Å². The topological polar surface area (TPSA) is 131 Å². The van der Waals surface area contributed by atoms with Gasteiger partial charge in [0.25, 0.3) is 0 Å². The number of hydrogen-bond acceptors (Lipinski definition) is 7. The highest BCUT2D eigenvalue weighted by atomic mass is 16.5. The molecule has 0 fully saturated rings. The van der Waals surface area contributed by atoms with Crippen LogP contribution in [0.1, 0.15) is 32.6 Å². The van der Waals surface area contributed by atoms with Gasteiger partial charge < -0.3 is 24.9 Å². The van der Waals surface area contributed by atoms with Gasteiger partial charge in [-0.05, 0) is 38.8 Å². The number of aromatic nitrogens is 1. The molecule has 2 aromatic rings. The van der Waals surface area contributed by atoms with Crippen LogP contribution in [0.5, 0.6) is 0 Å². The van der Waals surface area contributed by atoms with E-state index in [9.17, 15) is 14.4 Å². The zero-order chi connectivity index (χ0) is 25.1. The molecular formula is C25H33N3O6. The molecule has 9 nitrogen and oxygen atoms in total. The summed E-state index contributed by atoms with van der Waals surface area (Å²) in [5.74, 6) is -2.58. The average Bonchev–Trinajstić information content (AvgIpc) is 3.23. The number of hydrogen-bond donors (Lipinski definition) is 3. The molecular weight excluding hydrogens is 438 g/mol. The number of aliphatic hydroxyl groups is 1. The summed E-state index contributed by atoms with van der Waals surface area (Å²) < 4.78 is 11.2. The number of ether oxygens (including phenoxy) is 1. The van der Waals surface area contributed by atoms with E-state index >= 15 is 0 Å². The highest BCUT2D eigenvalue weighted by molar-refractivity contribution is 6.00. The summed E-state index contributed by atoms with van der Waals surface area (Å²) in [5, 5.41) is 14.3. The lowest BCUT2D eigenvalue weighted by Crippen LogP contribution is -2.46. The van der Waals surface area contributed by atoms with Crippen molar-refractivity contribution >= 4 is 28.9 Å². The molecule has 3 N–H and O–H groups in total. The van der Waals surface area contributed by atoms with Crippen molar-refractivity contribution in [1.82, 2.24) is 15.6 Å². The van der Waals surface area contributed by atoms with Gasteiger partial charge in [0.2, 0.25) is 11.8 Å². The lowest BCUT2D eigenvalue weighted by atomic mass is 10.0. The summed E-state index contributed by atoms with van der Waals surface area (Å²) in [5.41, 5.74) is 1.36. The summed E-state index contributed by atoms with van der Waals surface area (Å²) in [7, 11) is 0. The Balaban J connectivity index is 1.92. The van der Waals surface area contributed by atoms with E-state index in [2.05, 4.69) is 28.8 Å². The van der Waals surface area contributed by atoms with E-state index in [-0.39, 0.29) is 26.0 Å². The number of oxazole rings is 1. The van der Waals surface area contributed by atoms with Crippen molar-refractivity contribution in [2.45, 2.75) is 45.3 Å². The summed E-state index contributed by atoms with van der Waals surface area (Å²) in [6.45, 7) is 10.4. The maximum atomic E-state index is 12.8.